The summed E-state index contributed by atoms with van der Waals surface area (Å²) in [6.07, 6.45) is -3.31. The second-order valence-corrected chi connectivity index (χ2v) is 3.95. The highest BCUT2D eigenvalue weighted by Gasteiger charge is 2.33. The molecule has 0 atom stereocenters. The van der Waals surface area contributed by atoms with Gasteiger partial charge in [-0.05, 0) is 24.0 Å². The first-order valence-corrected chi connectivity index (χ1v) is 5.53. The Hall–Kier alpha value is -1.17. The first-order valence-electron chi connectivity index (χ1n) is 4.30. The van der Waals surface area contributed by atoms with Gasteiger partial charge in [-0.2, -0.15) is 13.2 Å². The third-order valence-corrected chi connectivity index (χ3v) is 2.72. The maximum Gasteiger partial charge on any atom is 0.417 e. The topological polar surface area (TPSA) is 37.3 Å². The molecule has 0 unspecified atom stereocenters. The molecule has 0 amide bonds. The summed E-state index contributed by atoms with van der Waals surface area (Å²) in [7, 11) is 0. The first-order chi connectivity index (χ1) is 7.34. The van der Waals surface area contributed by atoms with Crippen molar-refractivity contribution in [2.45, 2.75) is 17.5 Å². The molecule has 0 heterocycles. The molecular weight excluding hydrogens is 241 g/mol. The monoisotopic (exact) mass is 250 g/mol. The fraction of sp³-hybridized carbons (Fsp3) is 0.300. The number of hydrogen-bond donors (Lipinski definition) is 1. The maximum absolute atomic E-state index is 12.6. The molecule has 0 fully saturated rings. The Labute approximate surface area is 94.5 Å². The molecule has 0 aliphatic carbocycles. The van der Waals surface area contributed by atoms with Gasteiger partial charge in [0.1, 0.15) is 0 Å². The predicted octanol–water partition coefficient (Wildman–Crippen LogP) is 3.05. The van der Waals surface area contributed by atoms with Gasteiger partial charge in [-0.1, -0.05) is 6.07 Å². The van der Waals surface area contributed by atoms with Crippen LogP contribution in [0.4, 0.5) is 13.2 Å². The molecule has 1 N–H and O–H groups in total. The van der Waals surface area contributed by atoms with Crippen molar-refractivity contribution in [2.75, 3.05) is 6.26 Å². The molecule has 0 aliphatic heterocycles. The van der Waals surface area contributed by atoms with E-state index < -0.39 is 24.1 Å². The second-order valence-electron chi connectivity index (χ2n) is 3.10. The van der Waals surface area contributed by atoms with Crippen LogP contribution in [0.5, 0.6) is 0 Å². The van der Waals surface area contributed by atoms with Crippen LogP contribution in [0.2, 0.25) is 0 Å². The third kappa shape index (κ3) is 3.16. The van der Waals surface area contributed by atoms with Crippen molar-refractivity contribution in [3.8, 4) is 0 Å². The van der Waals surface area contributed by atoms with E-state index in [-0.39, 0.29) is 10.5 Å². The van der Waals surface area contributed by atoms with Gasteiger partial charge in [-0.15, -0.1) is 11.8 Å². The summed E-state index contributed by atoms with van der Waals surface area (Å²) in [6.45, 7) is 0. The smallest absolute Gasteiger partial charge is 0.417 e. The van der Waals surface area contributed by atoms with Crippen LogP contribution in [0.3, 0.4) is 0 Å². The minimum atomic E-state index is -4.45. The molecule has 0 saturated carbocycles. The Balaban J connectivity index is 3.16. The zero-order chi connectivity index (χ0) is 12.3. The van der Waals surface area contributed by atoms with E-state index >= 15 is 0 Å². The maximum atomic E-state index is 12.6. The Morgan fingerprint density at radius 1 is 1.44 bits per heavy atom. The van der Waals surface area contributed by atoms with Gasteiger partial charge in [-0.3, -0.25) is 4.79 Å². The van der Waals surface area contributed by atoms with Crippen molar-refractivity contribution < 1.29 is 23.1 Å². The quantitative estimate of drug-likeness (QED) is 0.838. The van der Waals surface area contributed by atoms with Gasteiger partial charge < -0.3 is 5.11 Å². The molecule has 0 spiro atoms. The highest BCUT2D eigenvalue weighted by Crippen LogP contribution is 2.36. The standard InChI is InChI=1S/C10H9F3O2S/c1-16-8-3-2-6(5-9(14)15)4-7(8)10(11,12)13/h2-4H,5H2,1H3,(H,14,15). The van der Waals surface area contributed by atoms with Gasteiger partial charge in [0.05, 0.1) is 12.0 Å². The zero-order valence-electron chi connectivity index (χ0n) is 8.34. The summed E-state index contributed by atoms with van der Waals surface area (Å²) in [6, 6.07) is 3.58. The average molecular weight is 250 g/mol. The lowest BCUT2D eigenvalue weighted by atomic mass is 10.1. The van der Waals surface area contributed by atoms with Crippen molar-refractivity contribution in [1.82, 2.24) is 0 Å². The van der Waals surface area contributed by atoms with E-state index in [1.165, 1.54) is 12.1 Å². The van der Waals surface area contributed by atoms with Crippen molar-refractivity contribution >= 4 is 17.7 Å². The molecular formula is C10H9F3O2S. The number of hydrogen-bond acceptors (Lipinski definition) is 2. The molecule has 0 radical (unpaired) electrons. The highest BCUT2D eigenvalue weighted by atomic mass is 32.2. The number of halogens is 3. The Kier molecular flexibility index (Phi) is 3.85. The van der Waals surface area contributed by atoms with Crippen LogP contribution in [-0.2, 0) is 17.4 Å². The molecule has 1 aromatic carbocycles. The van der Waals surface area contributed by atoms with Crippen LogP contribution in [0.15, 0.2) is 23.1 Å². The number of thioether (sulfide) groups is 1. The molecule has 1 rings (SSSR count). The third-order valence-electron chi connectivity index (χ3n) is 1.92. The van der Waals surface area contributed by atoms with E-state index in [2.05, 4.69) is 0 Å². The average Bonchev–Trinajstić information content (AvgIpc) is 2.15. The van der Waals surface area contributed by atoms with E-state index in [0.29, 0.717) is 0 Å². The predicted molar refractivity (Wildman–Crippen MR) is 54.6 cm³/mol. The van der Waals surface area contributed by atoms with Gasteiger partial charge in [-0.25, -0.2) is 0 Å². The Morgan fingerprint density at radius 2 is 2.06 bits per heavy atom. The normalized spacial score (nSPS) is 11.5. The molecule has 0 aromatic heterocycles. The van der Waals surface area contributed by atoms with Crippen molar-refractivity contribution in [1.29, 1.82) is 0 Å². The number of carboxylic acids is 1. The minimum Gasteiger partial charge on any atom is -0.481 e. The number of carbonyl (C=O) groups is 1. The first kappa shape index (κ1) is 12.9. The van der Waals surface area contributed by atoms with Crippen LogP contribution in [0.1, 0.15) is 11.1 Å². The van der Waals surface area contributed by atoms with Gasteiger partial charge in [0.2, 0.25) is 0 Å². The fourth-order valence-corrected chi connectivity index (χ4v) is 1.86. The number of benzene rings is 1. The van der Waals surface area contributed by atoms with Crippen LogP contribution < -0.4 is 0 Å². The molecule has 0 saturated heterocycles. The number of aliphatic carboxylic acids is 1. The highest BCUT2D eigenvalue weighted by molar-refractivity contribution is 7.98. The SMILES string of the molecule is CSc1ccc(CC(=O)O)cc1C(F)(F)F. The summed E-state index contributed by atoms with van der Waals surface area (Å²) in [5, 5.41) is 8.50. The lowest BCUT2D eigenvalue weighted by molar-refractivity contribution is -0.140. The van der Waals surface area contributed by atoms with Gasteiger partial charge in [0, 0.05) is 4.90 Å². The lowest BCUT2D eigenvalue weighted by Crippen LogP contribution is -2.09. The van der Waals surface area contributed by atoms with Crippen molar-refractivity contribution in [3.63, 3.8) is 0 Å². The van der Waals surface area contributed by atoms with Crippen LogP contribution >= 0.6 is 11.8 Å². The largest absolute Gasteiger partial charge is 0.481 e. The zero-order valence-corrected chi connectivity index (χ0v) is 9.15. The molecule has 6 heteroatoms. The van der Waals surface area contributed by atoms with Crippen molar-refractivity contribution in [3.05, 3.63) is 29.3 Å². The summed E-state index contributed by atoms with van der Waals surface area (Å²) < 4.78 is 37.8. The van der Waals surface area contributed by atoms with E-state index in [1.54, 1.807) is 6.26 Å². The van der Waals surface area contributed by atoms with Gasteiger partial charge in [0.25, 0.3) is 0 Å². The molecule has 88 valence electrons. The van der Waals surface area contributed by atoms with E-state index in [4.69, 9.17) is 5.11 Å². The number of rotatable bonds is 3. The van der Waals surface area contributed by atoms with Gasteiger partial charge >= 0.3 is 12.1 Å². The van der Waals surface area contributed by atoms with E-state index in [9.17, 15) is 18.0 Å². The van der Waals surface area contributed by atoms with Crippen LogP contribution in [0.25, 0.3) is 0 Å². The molecule has 0 bridgehead atoms. The van der Waals surface area contributed by atoms with Gasteiger partial charge in [0.15, 0.2) is 0 Å². The summed E-state index contributed by atoms with van der Waals surface area (Å²) >= 11 is 0.982. The number of carboxylic acid groups (broad SMARTS) is 1. The Bertz CT molecular complexity index is 402. The molecule has 0 aliphatic rings. The van der Waals surface area contributed by atoms with Crippen molar-refractivity contribution in [2.24, 2.45) is 0 Å². The molecule has 16 heavy (non-hydrogen) atoms. The number of alkyl halides is 3. The lowest BCUT2D eigenvalue weighted by Gasteiger charge is -2.12. The molecule has 2 nitrogen and oxygen atoms in total. The van der Waals surface area contributed by atoms with E-state index in [1.807, 2.05) is 0 Å². The summed E-state index contributed by atoms with van der Waals surface area (Å²) in [4.78, 5) is 10.5. The summed E-state index contributed by atoms with van der Waals surface area (Å²) in [5.41, 5.74) is -0.628. The Morgan fingerprint density at radius 3 is 2.50 bits per heavy atom. The van der Waals surface area contributed by atoms with Crippen LogP contribution in [0, 0.1) is 0 Å². The van der Waals surface area contributed by atoms with Crippen LogP contribution in [-0.4, -0.2) is 17.3 Å². The second kappa shape index (κ2) is 4.78. The van der Waals surface area contributed by atoms with E-state index in [0.717, 1.165) is 17.8 Å². The minimum absolute atomic E-state index is 0.0987. The summed E-state index contributed by atoms with van der Waals surface area (Å²) in [5.74, 6) is -1.15. The molecule has 1 aromatic rings. The fourth-order valence-electron chi connectivity index (χ4n) is 1.26.